The molecule has 6 nitrogen and oxygen atoms in total. The number of phenolic OH excluding ortho intramolecular Hbond substituents is 1. The Labute approximate surface area is 217 Å². The number of thioether (sulfide) groups is 1. The summed E-state index contributed by atoms with van der Waals surface area (Å²) in [4.78, 5) is 24.2. The van der Waals surface area contributed by atoms with E-state index in [-0.39, 0.29) is 29.6 Å². The Hall–Kier alpha value is -3.45. The first kappa shape index (κ1) is 27.1. The van der Waals surface area contributed by atoms with Gasteiger partial charge in [-0.1, -0.05) is 68.4 Å². The molecule has 2 unspecified atom stereocenters. The van der Waals surface area contributed by atoms with Crippen LogP contribution in [0.5, 0.6) is 5.75 Å². The Balaban J connectivity index is 1.72. The summed E-state index contributed by atoms with van der Waals surface area (Å²) in [7, 11) is 1.36. The zero-order valence-corrected chi connectivity index (χ0v) is 21.7. The number of amides is 1. The van der Waals surface area contributed by atoms with Gasteiger partial charge in [0.05, 0.1) is 17.9 Å². The number of nitrogens with one attached hydrogen (secondary N) is 1. The molecule has 7 heteroatoms. The van der Waals surface area contributed by atoms with E-state index >= 15 is 0 Å². The smallest absolute Gasteiger partial charge is 0.407 e. The molecule has 0 aliphatic rings. The third kappa shape index (κ3) is 7.52. The minimum Gasteiger partial charge on any atom is -0.508 e. The van der Waals surface area contributed by atoms with Crippen molar-refractivity contribution < 1.29 is 24.2 Å². The summed E-state index contributed by atoms with van der Waals surface area (Å²) in [5.41, 5.74) is 4.20. The Morgan fingerprint density at radius 1 is 0.972 bits per heavy atom. The first-order valence-corrected chi connectivity index (χ1v) is 13.1. The van der Waals surface area contributed by atoms with Gasteiger partial charge >= 0.3 is 12.1 Å². The minimum absolute atomic E-state index is 0.106. The average Bonchev–Trinajstić information content (AvgIpc) is 2.91. The van der Waals surface area contributed by atoms with Gasteiger partial charge in [0.25, 0.3) is 0 Å². The van der Waals surface area contributed by atoms with Crippen molar-refractivity contribution in [3.8, 4) is 5.75 Å². The highest BCUT2D eigenvalue weighted by atomic mass is 32.2. The van der Waals surface area contributed by atoms with E-state index in [9.17, 15) is 14.7 Å². The topological polar surface area (TPSA) is 84.9 Å². The lowest BCUT2D eigenvalue weighted by Crippen LogP contribution is -2.36. The van der Waals surface area contributed by atoms with Crippen molar-refractivity contribution in [2.75, 3.05) is 12.9 Å². The van der Waals surface area contributed by atoms with Gasteiger partial charge in [-0.05, 0) is 53.5 Å². The van der Waals surface area contributed by atoms with E-state index in [0.29, 0.717) is 12.0 Å². The highest BCUT2D eigenvalue weighted by Crippen LogP contribution is 2.40. The van der Waals surface area contributed by atoms with Gasteiger partial charge in [-0.15, -0.1) is 11.8 Å². The summed E-state index contributed by atoms with van der Waals surface area (Å²) >= 11 is 1.70. The molecule has 2 N–H and O–H groups in total. The fraction of sp³-hybridized carbons (Fsp3) is 0.310. The number of esters is 1. The van der Waals surface area contributed by atoms with Crippen molar-refractivity contribution in [1.82, 2.24) is 5.32 Å². The number of alkyl carbamates (subject to hydrolysis) is 1. The summed E-state index contributed by atoms with van der Waals surface area (Å²) in [6, 6.07) is 22.3. The Kier molecular flexibility index (Phi) is 10.2. The van der Waals surface area contributed by atoms with Crippen molar-refractivity contribution in [2.24, 2.45) is 0 Å². The van der Waals surface area contributed by atoms with Crippen molar-refractivity contribution in [1.29, 1.82) is 0 Å². The lowest BCUT2D eigenvalue weighted by atomic mass is 9.97. The van der Waals surface area contributed by atoms with Gasteiger partial charge in [-0.3, -0.25) is 0 Å². The number of methoxy groups -OCH3 is 1. The second kappa shape index (κ2) is 13.6. The quantitative estimate of drug-likeness (QED) is 0.298. The molecular weight excluding hydrogens is 474 g/mol. The predicted molar refractivity (Wildman–Crippen MR) is 143 cm³/mol. The number of carbonyl (C=O) groups is 2. The summed E-state index contributed by atoms with van der Waals surface area (Å²) < 4.78 is 10.2. The molecule has 0 heterocycles. The number of benzene rings is 3. The molecule has 3 aromatic carbocycles. The maximum absolute atomic E-state index is 12.4. The molecule has 0 radical (unpaired) electrons. The molecule has 0 aliphatic heterocycles. The summed E-state index contributed by atoms with van der Waals surface area (Å²) in [6.45, 7) is 4.30. The van der Waals surface area contributed by atoms with Crippen molar-refractivity contribution in [3.05, 3.63) is 101 Å². The maximum Gasteiger partial charge on any atom is 0.407 e. The highest BCUT2D eigenvalue weighted by Gasteiger charge is 2.20. The fourth-order valence-electron chi connectivity index (χ4n) is 3.90. The van der Waals surface area contributed by atoms with Crippen LogP contribution in [0.2, 0.25) is 0 Å². The van der Waals surface area contributed by atoms with E-state index in [0.717, 1.165) is 34.4 Å². The number of aromatic hydroxyl groups is 1. The van der Waals surface area contributed by atoms with Crippen molar-refractivity contribution >= 4 is 23.8 Å². The first-order valence-electron chi connectivity index (χ1n) is 12.0. The molecule has 1 amide bonds. The van der Waals surface area contributed by atoms with Crippen LogP contribution in [0.1, 0.15) is 58.1 Å². The van der Waals surface area contributed by atoms with Crippen LogP contribution in [0.4, 0.5) is 4.79 Å². The van der Waals surface area contributed by atoms with E-state index in [1.807, 2.05) is 61.5 Å². The van der Waals surface area contributed by atoms with Crippen LogP contribution in [0.3, 0.4) is 0 Å². The lowest BCUT2D eigenvalue weighted by molar-refractivity contribution is 0.0600. The molecule has 0 aliphatic carbocycles. The molecule has 3 rings (SSSR count). The SMILES string of the molecule is CCSC(c1ccc(C(=O)OC)cc1)c1cc(CC(CC)NC(=O)OCc2ccccc2)ccc1O. The zero-order valence-electron chi connectivity index (χ0n) is 20.9. The van der Waals surface area contributed by atoms with Gasteiger partial charge in [-0.25, -0.2) is 9.59 Å². The number of carbonyl (C=O) groups excluding carboxylic acids is 2. The van der Waals surface area contributed by atoms with Gasteiger partial charge < -0.3 is 19.9 Å². The average molecular weight is 508 g/mol. The second-order valence-electron chi connectivity index (χ2n) is 8.36. The van der Waals surface area contributed by atoms with Crippen molar-refractivity contribution in [2.45, 2.75) is 44.6 Å². The number of ether oxygens (including phenoxy) is 2. The van der Waals surface area contributed by atoms with Gasteiger partial charge in [0.1, 0.15) is 12.4 Å². The predicted octanol–water partition coefficient (Wildman–Crippen LogP) is 6.27. The van der Waals surface area contributed by atoms with Gasteiger partial charge in [0.2, 0.25) is 0 Å². The van der Waals surface area contributed by atoms with Crippen LogP contribution in [0.25, 0.3) is 0 Å². The Morgan fingerprint density at radius 3 is 2.33 bits per heavy atom. The van der Waals surface area contributed by atoms with E-state index in [4.69, 9.17) is 9.47 Å². The van der Waals surface area contributed by atoms with Gasteiger partial charge in [0, 0.05) is 11.6 Å². The van der Waals surface area contributed by atoms with Crippen LogP contribution in [0, 0.1) is 0 Å². The molecule has 2 atom stereocenters. The van der Waals surface area contributed by atoms with Crippen LogP contribution in [-0.2, 0) is 22.5 Å². The standard InChI is InChI=1S/C29H33NO5S/c1-4-24(30-29(33)35-19-20-9-7-6-8-10-20)17-21-11-16-26(31)25(18-21)27(36-5-2)22-12-14-23(15-13-22)28(32)34-3/h6-16,18,24,27,31H,4-5,17,19H2,1-3H3,(H,30,33). The molecular formula is C29H33NO5S. The monoisotopic (exact) mass is 507 g/mol. The zero-order chi connectivity index (χ0) is 25.9. The third-order valence-corrected chi connectivity index (χ3v) is 7.04. The van der Waals surface area contributed by atoms with Crippen LogP contribution in [0.15, 0.2) is 72.8 Å². The normalized spacial score (nSPS) is 12.4. The molecule has 0 spiro atoms. The van der Waals surface area contributed by atoms with Gasteiger partial charge in [0.15, 0.2) is 0 Å². The third-order valence-electron chi connectivity index (χ3n) is 5.85. The second-order valence-corrected chi connectivity index (χ2v) is 9.74. The first-order chi connectivity index (χ1) is 17.4. The molecule has 0 aromatic heterocycles. The summed E-state index contributed by atoms with van der Waals surface area (Å²) in [5.74, 6) is 0.677. The highest BCUT2D eigenvalue weighted by molar-refractivity contribution is 7.99. The maximum atomic E-state index is 12.4. The minimum atomic E-state index is -0.449. The summed E-state index contributed by atoms with van der Waals surface area (Å²) in [5, 5.41) is 13.6. The number of phenols is 1. The molecule has 190 valence electrons. The molecule has 0 saturated carbocycles. The Morgan fingerprint density at radius 2 is 1.69 bits per heavy atom. The van der Waals surface area contributed by atoms with E-state index in [1.54, 1.807) is 30.0 Å². The summed E-state index contributed by atoms with van der Waals surface area (Å²) in [6.07, 6.45) is 0.892. The van der Waals surface area contributed by atoms with Crippen molar-refractivity contribution in [3.63, 3.8) is 0 Å². The number of hydrogen-bond donors (Lipinski definition) is 2. The molecule has 0 saturated heterocycles. The van der Waals surface area contributed by atoms with Gasteiger partial charge in [-0.2, -0.15) is 0 Å². The largest absolute Gasteiger partial charge is 0.508 e. The van der Waals surface area contributed by atoms with E-state index in [1.165, 1.54) is 7.11 Å². The lowest BCUT2D eigenvalue weighted by Gasteiger charge is -2.21. The molecule has 36 heavy (non-hydrogen) atoms. The fourth-order valence-corrected chi connectivity index (χ4v) is 4.95. The Bertz CT molecular complexity index is 1130. The molecule has 0 fully saturated rings. The van der Waals surface area contributed by atoms with E-state index in [2.05, 4.69) is 12.2 Å². The molecule has 3 aromatic rings. The van der Waals surface area contributed by atoms with Crippen LogP contribution in [-0.4, -0.2) is 36.1 Å². The number of rotatable bonds is 11. The van der Waals surface area contributed by atoms with E-state index < -0.39 is 6.09 Å². The van der Waals surface area contributed by atoms with Crippen LogP contribution >= 0.6 is 11.8 Å². The number of hydrogen-bond acceptors (Lipinski definition) is 6. The molecule has 0 bridgehead atoms. The van der Waals surface area contributed by atoms with Crippen LogP contribution < -0.4 is 5.32 Å².